The van der Waals surface area contributed by atoms with E-state index >= 15 is 0 Å². The topological polar surface area (TPSA) is 52.6 Å². The Balaban J connectivity index is 1.43. The van der Waals surface area contributed by atoms with Crippen LogP contribution in [0.1, 0.15) is 58.3 Å². The van der Waals surface area contributed by atoms with Crippen molar-refractivity contribution in [3.63, 3.8) is 0 Å². The summed E-state index contributed by atoms with van der Waals surface area (Å²) in [6, 6.07) is 0.698. The monoisotopic (exact) mass is 306 g/mol. The predicted molar refractivity (Wildman–Crippen MR) is 85.4 cm³/mol. The largest absolute Gasteiger partial charge is 0.395 e. The van der Waals surface area contributed by atoms with E-state index in [4.69, 9.17) is 0 Å². The van der Waals surface area contributed by atoms with Crippen molar-refractivity contribution >= 4 is 6.03 Å². The molecular formula is C18H30N2O2. The smallest absolute Gasteiger partial charge is 0.317 e. The molecule has 5 fully saturated rings. The highest BCUT2D eigenvalue weighted by Crippen LogP contribution is 2.61. The summed E-state index contributed by atoms with van der Waals surface area (Å²) in [7, 11) is 0. The third-order valence-corrected chi connectivity index (χ3v) is 6.93. The van der Waals surface area contributed by atoms with Crippen molar-refractivity contribution in [2.75, 3.05) is 13.2 Å². The SMILES string of the molecule is CC(NC(=O)N(CCO)C1CC1)C12CC3CC(CC(C3)C1)C2. The van der Waals surface area contributed by atoms with Crippen molar-refractivity contribution in [3.05, 3.63) is 0 Å². The first-order chi connectivity index (χ1) is 10.6. The van der Waals surface area contributed by atoms with Gasteiger partial charge in [-0.25, -0.2) is 4.79 Å². The summed E-state index contributed by atoms with van der Waals surface area (Å²) in [5.41, 5.74) is 0.360. The highest BCUT2D eigenvalue weighted by atomic mass is 16.3. The molecule has 0 aromatic carbocycles. The quantitative estimate of drug-likeness (QED) is 0.820. The van der Waals surface area contributed by atoms with E-state index in [-0.39, 0.29) is 18.7 Å². The maximum atomic E-state index is 12.6. The number of urea groups is 1. The number of carbonyl (C=O) groups is 1. The molecule has 4 bridgehead atoms. The Morgan fingerprint density at radius 1 is 1.18 bits per heavy atom. The summed E-state index contributed by atoms with van der Waals surface area (Å²) in [5.74, 6) is 2.76. The van der Waals surface area contributed by atoms with Gasteiger partial charge in [-0.2, -0.15) is 0 Å². The molecule has 0 aromatic rings. The lowest BCUT2D eigenvalue weighted by molar-refractivity contribution is -0.0688. The molecule has 2 N–H and O–H groups in total. The minimum atomic E-state index is 0.0554. The fourth-order valence-corrected chi connectivity index (χ4v) is 6.07. The third kappa shape index (κ3) is 2.53. The first-order valence-corrected chi connectivity index (χ1v) is 9.27. The molecule has 0 saturated heterocycles. The molecule has 0 heterocycles. The van der Waals surface area contributed by atoms with Crippen LogP contribution in [0.15, 0.2) is 0 Å². The molecule has 4 nitrogen and oxygen atoms in total. The van der Waals surface area contributed by atoms with Crippen LogP contribution in [0.3, 0.4) is 0 Å². The average Bonchev–Trinajstić information content (AvgIpc) is 3.27. The number of aliphatic hydroxyl groups excluding tert-OH is 1. The van der Waals surface area contributed by atoms with Gasteiger partial charge in [0.25, 0.3) is 0 Å². The van der Waals surface area contributed by atoms with E-state index in [1.54, 1.807) is 0 Å². The highest BCUT2D eigenvalue weighted by molar-refractivity contribution is 5.75. The van der Waals surface area contributed by atoms with Gasteiger partial charge in [-0.3, -0.25) is 0 Å². The molecule has 0 radical (unpaired) electrons. The van der Waals surface area contributed by atoms with Crippen LogP contribution in [-0.2, 0) is 0 Å². The minimum absolute atomic E-state index is 0.0554. The summed E-state index contributed by atoms with van der Waals surface area (Å²) < 4.78 is 0. The molecular weight excluding hydrogens is 276 g/mol. The lowest BCUT2D eigenvalue weighted by atomic mass is 9.48. The molecule has 0 aromatic heterocycles. The molecule has 0 aliphatic heterocycles. The zero-order valence-corrected chi connectivity index (χ0v) is 13.8. The average molecular weight is 306 g/mol. The molecule has 22 heavy (non-hydrogen) atoms. The van der Waals surface area contributed by atoms with E-state index in [1.165, 1.54) is 38.5 Å². The van der Waals surface area contributed by atoms with Gasteiger partial charge >= 0.3 is 6.03 Å². The number of carbonyl (C=O) groups excluding carboxylic acids is 1. The van der Waals surface area contributed by atoms with Crippen LogP contribution in [0.2, 0.25) is 0 Å². The van der Waals surface area contributed by atoms with Crippen LogP contribution in [0, 0.1) is 23.2 Å². The van der Waals surface area contributed by atoms with Crippen molar-refractivity contribution in [2.45, 2.75) is 70.4 Å². The van der Waals surface area contributed by atoms with Crippen LogP contribution in [0.25, 0.3) is 0 Å². The van der Waals surface area contributed by atoms with Crippen LogP contribution >= 0.6 is 0 Å². The first-order valence-electron chi connectivity index (χ1n) is 9.27. The molecule has 2 amide bonds. The Bertz CT molecular complexity index is 411. The van der Waals surface area contributed by atoms with Crippen molar-refractivity contribution in [1.29, 1.82) is 0 Å². The van der Waals surface area contributed by atoms with Crippen molar-refractivity contribution < 1.29 is 9.90 Å². The number of hydrogen-bond donors (Lipinski definition) is 2. The van der Waals surface area contributed by atoms with Crippen LogP contribution in [0.5, 0.6) is 0 Å². The standard InChI is InChI=1S/C18H30N2O2/c1-12(19-17(22)20(4-5-21)16-2-3-16)18-9-13-6-14(10-18)8-15(7-13)11-18/h12-16,21H,2-11H2,1H3,(H,19,22). The summed E-state index contributed by atoms with van der Waals surface area (Å²) >= 11 is 0. The van der Waals surface area contributed by atoms with Crippen LogP contribution in [0.4, 0.5) is 4.79 Å². The highest BCUT2D eigenvalue weighted by Gasteiger charge is 2.53. The molecule has 5 rings (SSSR count). The van der Waals surface area contributed by atoms with Gasteiger partial charge < -0.3 is 15.3 Å². The van der Waals surface area contributed by atoms with Crippen molar-refractivity contribution in [1.82, 2.24) is 10.2 Å². The molecule has 124 valence electrons. The van der Waals surface area contributed by atoms with Gasteiger partial charge in [0, 0.05) is 18.6 Å². The number of hydrogen-bond acceptors (Lipinski definition) is 2. The Morgan fingerprint density at radius 2 is 1.73 bits per heavy atom. The Kier molecular flexibility index (Phi) is 3.63. The van der Waals surface area contributed by atoms with E-state index in [2.05, 4.69) is 12.2 Å². The van der Waals surface area contributed by atoms with Gasteiger partial charge in [0.1, 0.15) is 0 Å². The van der Waals surface area contributed by atoms with Gasteiger partial charge in [-0.15, -0.1) is 0 Å². The van der Waals surface area contributed by atoms with Gasteiger partial charge in [0.05, 0.1) is 6.61 Å². The Labute approximate surface area is 133 Å². The van der Waals surface area contributed by atoms with E-state index in [9.17, 15) is 9.90 Å². The van der Waals surface area contributed by atoms with Crippen molar-refractivity contribution in [2.24, 2.45) is 23.2 Å². The molecule has 4 heteroatoms. The van der Waals surface area contributed by atoms with Gasteiger partial charge in [-0.1, -0.05) is 0 Å². The number of aliphatic hydroxyl groups is 1. The number of nitrogens with one attached hydrogen (secondary N) is 1. The van der Waals surface area contributed by atoms with E-state index in [0.29, 0.717) is 18.0 Å². The van der Waals surface area contributed by atoms with E-state index in [1.807, 2.05) is 4.90 Å². The number of rotatable bonds is 5. The summed E-state index contributed by atoms with van der Waals surface area (Å²) in [5, 5.41) is 12.5. The second-order valence-corrected chi connectivity index (χ2v) is 8.60. The third-order valence-electron chi connectivity index (χ3n) is 6.93. The van der Waals surface area contributed by atoms with Crippen LogP contribution < -0.4 is 5.32 Å². The molecule has 5 saturated carbocycles. The van der Waals surface area contributed by atoms with E-state index in [0.717, 1.165) is 30.6 Å². The van der Waals surface area contributed by atoms with Gasteiger partial charge in [0.15, 0.2) is 0 Å². The number of amides is 2. The lowest BCUT2D eigenvalue weighted by Gasteiger charge is -2.59. The summed E-state index contributed by atoms with van der Waals surface area (Å²) in [6.45, 7) is 2.77. The molecule has 1 unspecified atom stereocenters. The fourth-order valence-electron chi connectivity index (χ4n) is 6.07. The lowest BCUT2D eigenvalue weighted by Crippen LogP contribution is -2.57. The van der Waals surface area contributed by atoms with Crippen molar-refractivity contribution in [3.8, 4) is 0 Å². The molecule has 5 aliphatic carbocycles. The zero-order chi connectivity index (χ0) is 15.3. The number of nitrogens with zero attached hydrogens (tertiary/aromatic N) is 1. The molecule has 5 aliphatic rings. The van der Waals surface area contributed by atoms with E-state index < -0.39 is 0 Å². The maximum absolute atomic E-state index is 12.6. The fraction of sp³-hybridized carbons (Fsp3) is 0.944. The van der Waals surface area contributed by atoms with Gasteiger partial charge in [-0.05, 0) is 81.5 Å². The Hall–Kier alpha value is -0.770. The molecule has 0 spiro atoms. The van der Waals surface area contributed by atoms with Gasteiger partial charge in [0.2, 0.25) is 0 Å². The predicted octanol–water partition coefficient (Wildman–Crippen LogP) is 2.76. The first kappa shape index (κ1) is 14.8. The minimum Gasteiger partial charge on any atom is -0.395 e. The second-order valence-electron chi connectivity index (χ2n) is 8.60. The maximum Gasteiger partial charge on any atom is 0.317 e. The molecule has 1 atom stereocenters. The van der Waals surface area contributed by atoms with Crippen LogP contribution in [-0.4, -0.2) is 41.3 Å². The normalized spacial score (nSPS) is 40.5. The second kappa shape index (κ2) is 5.40. The Morgan fingerprint density at radius 3 is 2.18 bits per heavy atom. The zero-order valence-electron chi connectivity index (χ0n) is 13.8. The summed E-state index contributed by atoms with van der Waals surface area (Å²) in [6.07, 6.45) is 10.5. The summed E-state index contributed by atoms with van der Waals surface area (Å²) in [4.78, 5) is 14.5.